The first-order valence-electron chi connectivity index (χ1n) is 7.31. The van der Waals surface area contributed by atoms with Crippen LogP contribution in [0.25, 0.3) is 11.0 Å². The Hall–Kier alpha value is -2.94. The molecule has 0 bridgehead atoms. The first-order valence-corrected chi connectivity index (χ1v) is 8.29. The molecule has 0 aliphatic heterocycles. The molecule has 9 heteroatoms. The van der Waals surface area contributed by atoms with Crippen LogP contribution in [0.3, 0.4) is 0 Å². The van der Waals surface area contributed by atoms with Gasteiger partial charge in [0.1, 0.15) is 5.65 Å². The lowest BCUT2D eigenvalue weighted by Crippen LogP contribution is -2.37. The number of aromatic nitrogens is 3. The fourth-order valence-corrected chi connectivity index (χ4v) is 3.45. The smallest absolute Gasteiger partial charge is 0.280 e. The fraction of sp³-hybridized carbons (Fsp3) is 0.188. The van der Waals surface area contributed by atoms with E-state index in [1.807, 2.05) is 0 Å². The monoisotopic (exact) mass is 358 g/mol. The number of thioether (sulfide) groups is 1. The minimum atomic E-state index is -0.447. The van der Waals surface area contributed by atoms with Gasteiger partial charge in [-0.3, -0.25) is 24.0 Å². The van der Waals surface area contributed by atoms with Crippen LogP contribution in [0.5, 0.6) is 0 Å². The lowest BCUT2D eigenvalue weighted by atomic mass is 10.2. The summed E-state index contributed by atoms with van der Waals surface area (Å²) in [5, 5.41) is 11.1. The van der Waals surface area contributed by atoms with Crippen molar-refractivity contribution in [3.8, 4) is 0 Å². The maximum atomic E-state index is 12.5. The normalized spacial score (nSPS) is 11.0. The third kappa shape index (κ3) is 3.05. The number of hydrogen-bond acceptors (Lipinski definition) is 6. The number of benzene rings is 1. The minimum Gasteiger partial charge on any atom is -0.280 e. The summed E-state index contributed by atoms with van der Waals surface area (Å²) in [4.78, 5) is 39.6. The van der Waals surface area contributed by atoms with Gasteiger partial charge in [0, 0.05) is 43.1 Å². The van der Waals surface area contributed by atoms with Crippen molar-refractivity contribution in [3.63, 3.8) is 0 Å². The van der Waals surface area contributed by atoms with Gasteiger partial charge in [0.15, 0.2) is 0 Å². The van der Waals surface area contributed by atoms with Crippen molar-refractivity contribution < 1.29 is 4.92 Å². The Morgan fingerprint density at radius 3 is 2.44 bits per heavy atom. The molecule has 0 radical (unpaired) electrons. The average molecular weight is 358 g/mol. The van der Waals surface area contributed by atoms with E-state index in [2.05, 4.69) is 4.98 Å². The van der Waals surface area contributed by atoms with Crippen molar-refractivity contribution in [1.29, 1.82) is 0 Å². The van der Waals surface area contributed by atoms with Gasteiger partial charge in [-0.2, -0.15) is 0 Å². The van der Waals surface area contributed by atoms with Crippen molar-refractivity contribution in [3.05, 3.63) is 73.0 Å². The van der Waals surface area contributed by atoms with Crippen molar-refractivity contribution in [2.75, 3.05) is 0 Å². The number of nitro groups is 1. The number of fused-ring (bicyclic) bond motifs is 1. The summed E-state index contributed by atoms with van der Waals surface area (Å²) in [6.45, 7) is 0. The van der Waals surface area contributed by atoms with Crippen molar-refractivity contribution in [2.45, 2.75) is 10.6 Å². The summed E-state index contributed by atoms with van der Waals surface area (Å²) in [7, 11) is 3.00. The maximum Gasteiger partial charge on any atom is 0.332 e. The van der Waals surface area contributed by atoms with E-state index in [1.165, 1.54) is 35.5 Å². The standard InChI is InChI=1S/C16H14N4O4S/c1-18-14-13(15(21)19(2)16(18)22)12(7-8-17-14)25-9-10-3-5-11(6-4-10)20(23)24/h3-8H,9H2,1-2H3. The summed E-state index contributed by atoms with van der Waals surface area (Å²) in [5.41, 5.74) is 0.441. The largest absolute Gasteiger partial charge is 0.332 e. The topological polar surface area (TPSA) is 100 Å². The molecule has 3 rings (SSSR count). The second-order valence-corrected chi connectivity index (χ2v) is 6.44. The van der Waals surface area contributed by atoms with Crippen molar-refractivity contribution in [1.82, 2.24) is 14.1 Å². The number of hydrogen-bond donors (Lipinski definition) is 0. The van der Waals surface area contributed by atoms with Crippen LogP contribution in [0.1, 0.15) is 5.56 Å². The Morgan fingerprint density at radius 1 is 1.12 bits per heavy atom. The Labute approximate surface area is 145 Å². The number of non-ortho nitro benzene ring substituents is 1. The number of nitro benzene ring substituents is 1. The molecule has 0 amide bonds. The van der Waals surface area contributed by atoms with Crippen LogP contribution in [-0.2, 0) is 19.8 Å². The molecule has 0 saturated carbocycles. The van der Waals surface area contributed by atoms with E-state index in [9.17, 15) is 19.7 Å². The van der Waals surface area contributed by atoms with Crippen LogP contribution in [0, 0.1) is 10.1 Å². The van der Waals surface area contributed by atoms with Gasteiger partial charge >= 0.3 is 5.69 Å². The average Bonchev–Trinajstić information content (AvgIpc) is 2.62. The predicted octanol–water partition coefficient (Wildman–Crippen LogP) is 1.83. The number of rotatable bonds is 4. The Bertz CT molecular complexity index is 1090. The highest BCUT2D eigenvalue weighted by atomic mass is 32.2. The summed E-state index contributed by atoms with van der Waals surface area (Å²) >= 11 is 1.42. The molecule has 0 N–H and O–H groups in total. The van der Waals surface area contributed by atoms with Gasteiger partial charge in [-0.1, -0.05) is 12.1 Å². The Morgan fingerprint density at radius 2 is 1.80 bits per heavy atom. The molecule has 0 atom stereocenters. The lowest BCUT2D eigenvalue weighted by Gasteiger charge is -2.10. The molecule has 0 fully saturated rings. The van der Waals surface area contributed by atoms with E-state index in [0.29, 0.717) is 21.7 Å². The molecular weight excluding hydrogens is 344 g/mol. The SMILES string of the molecule is Cn1c(=O)c2c(SCc3ccc([N+](=O)[O-])cc3)ccnc2n(C)c1=O. The third-order valence-corrected chi connectivity index (χ3v) is 4.97. The van der Waals surface area contributed by atoms with Gasteiger partial charge in [-0.05, 0) is 11.6 Å². The van der Waals surface area contributed by atoms with Crippen molar-refractivity contribution in [2.24, 2.45) is 14.1 Å². The van der Waals surface area contributed by atoms with Gasteiger partial charge in [-0.25, -0.2) is 9.78 Å². The van der Waals surface area contributed by atoms with Crippen molar-refractivity contribution >= 4 is 28.5 Å². The second kappa shape index (κ2) is 6.52. The quantitative estimate of drug-likeness (QED) is 0.401. The molecule has 0 aliphatic carbocycles. The van der Waals surface area contributed by atoms with E-state index in [1.54, 1.807) is 31.4 Å². The summed E-state index contributed by atoms with van der Waals surface area (Å²) in [5.74, 6) is 0.531. The molecule has 8 nitrogen and oxygen atoms in total. The summed E-state index contributed by atoms with van der Waals surface area (Å²) in [6, 6.07) is 7.99. The first kappa shape index (κ1) is 16.9. The molecule has 25 heavy (non-hydrogen) atoms. The highest BCUT2D eigenvalue weighted by molar-refractivity contribution is 7.98. The Balaban J connectivity index is 1.98. The van der Waals surface area contributed by atoms with E-state index in [0.717, 1.165) is 10.1 Å². The maximum absolute atomic E-state index is 12.5. The van der Waals surface area contributed by atoms with Gasteiger partial charge in [0.25, 0.3) is 11.2 Å². The number of pyridine rings is 1. The zero-order chi connectivity index (χ0) is 18.1. The highest BCUT2D eigenvalue weighted by Crippen LogP contribution is 2.27. The zero-order valence-electron chi connectivity index (χ0n) is 13.5. The lowest BCUT2D eigenvalue weighted by molar-refractivity contribution is -0.384. The van der Waals surface area contributed by atoms with E-state index in [-0.39, 0.29) is 5.69 Å². The molecule has 0 saturated heterocycles. The van der Waals surface area contributed by atoms with E-state index < -0.39 is 16.2 Å². The second-order valence-electron chi connectivity index (χ2n) is 5.43. The molecule has 0 unspecified atom stereocenters. The van der Waals surface area contributed by atoms with E-state index >= 15 is 0 Å². The highest BCUT2D eigenvalue weighted by Gasteiger charge is 2.14. The molecule has 2 aromatic heterocycles. The van der Waals surface area contributed by atoms with Crippen LogP contribution in [-0.4, -0.2) is 19.0 Å². The van der Waals surface area contributed by atoms with Gasteiger partial charge in [-0.15, -0.1) is 11.8 Å². The Kier molecular flexibility index (Phi) is 4.41. The minimum absolute atomic E-state index is 0.0342. The van der Waals surface area contributed by atoms with Crippen LogP contribution in [0.4, 0.5) is 5.69 Å². The molecule has 0 aliphatic rings. The molecule has 2 heterocycles. The van der Waals surface area contributed by atoms with Crippen LogP contribution < -0.4 is 11.2 Å². The van der Waals surface area contributed by atoms with Crippen LogP contribution in [0.2, 0.25) is 0 Å². The van der Waals surface area contributed by atoms with Crippen LogP contribution >= 0.6 is 11.8 Å². The van der Waals surface area contributed by atoms with Gasteiger partial charge < -0.3 is 0 Å². The molecule has 128 valence electrons. The molecule has 3 aromatic rings. The predicted molar refractivity (Wildman–Crippen MR) is 94.9 cm³/mol. The van der Waals surface area contributed by atoms with E-state index in [4.69, 9.17) is 0 Å². The zero-order valence-corrected chi connectivity index (χ0v) is 14.3. The third-order valence-electron chi connectivity index (χ3n) is 3.84. The number of aryl methyl sites for hydroxylation is 1. The van der Waals surface area contributed by atoms with Gasteiger partial charge in [0.05, 0.1) is 10.3 Å². The molecule has 0 spiro atoms. The number of nitrogens with zero attached hydrogens (tertiary/aromatic N) is 4. The first-order chi connectivity index (χ1) is 11.9. The van der Waals surface area contributed by atoms with Crippen LogP contribution in [0.15, 0.2) is 51.0 Å². The van der Waals surface area contributed by atoms with Gasteiger partial charge in [0.2, 0.25) is 0 Å². The molecule has 1 aromatic carbocycles. The molecular formula is C16H14N4O4S. The summed E-state index contributed by atoms with van der Waals surface area (Å²) in [6.07, 6.45) is 1.55. The summed E-state index contributed by atoms with van der Waals surface area (Å²) < 4.78 is 2.40. The fourth-order valence-electron chi connectivity index (χ4n) is 2.45.